The minimum absolute atomic E-state index is 0.0246. The van der Waals surface area contributed by atoms with Crippen LogP contribution in [0.3, 0.4) is 0 Å². The zero-order valence-electron chi connectivity index (χ0n) is 14.0. The second-order valence-corrected chi connectivity index (χ2v) is 6.78. The summed E-state index contributed by atoms with van der Waals surface area (Å²) in [7, 11) is 0. The molecule has 3 amide bonds. The molecule has 1 aromatic heterocycles. The van der Waals surface area contributed by atoms with Gasteiger partial charge in [-0.15, -0.1) is 0 Å². The number of thioether (sulfide) groups is 1. The quantitative estimate of drug-likeness (QED) is 0.787. The van der Waals surface area contributed by atoms with Gasteiger partial charge in [-0.1, -0.05) is 55.9 Å². The predicted octanol–water partition coefficient (Wildman–Crippen LogP) is 2.88. The summed E-state index contributed by atoms with van der Waals surface area (Å²) in [5, 5.41) is 2.46. The van der Waals surface area contributed by atoms with Gasteiger partial charge in [0.15, 0.2) is 5.16 Å². The number of urea groups is 1. The number of primary amides is 1. The molecule has 0 spiro atoms. The Morgan fingerprint density at radius 1 is 1.29 bits per heavy atom. The number of benzene rings is 1. The molecule has 0 aliphatic heterocycles. The number of nitrogens with one attached hydrogen (secondary N) is 1. The number of hydrogen-bond acceptors (Lipinski definition) is 4. The Kier molecular flexibility index (Phi) is 6.03. The lowest BCUT2D eigenvalue weighted by Gasteiger charge is -2.19. The summed E-state index contributed by atoms with van der Waals surface area (Å²) < 4.78 is 2.06. The van der Waals surface area contributed by atoms with Gasteiger partial charge in [0.1, 0.15) is 0 Å². The fourth-order valence-electron chi connectivity index (χ4n) is 2.40. The maximum absolute atomic E-state index is 12.2. The molecule has 0 fully saturated rings. The highest BCUT2D eigenvalue weighted by Crippen LogP contribution is 2.31. The van der Waals surface area contributed by atoms with E-state index in [2.05, 4.69) is 14.9 Å². The van der Waals surface area contributed by atoms with Gasteiger partial charge < -0.3 is 10.3 Å². The lowest BCUT2D eigenvalue weighted by Crippen LogP contribution is -2.42. The molecular weight excluding hydrogens is 324 g/mol. The summed E-state index contributed by atoms with van der Waals surface area (Å²) in [6.45, 7) is 6.62. The zero-order chi connectivity index (χ0) is 17.7. The number of nitrogens with two attached hydrogens (primary N) is 1. The SMILES string of the molecule is CCn1c(-c2ccccc2)cnc1SC(C(=O)NC(N)=O)C(C)C. The van der Waals surface area contributed by atoms with Gasteiger partial charge in [0.25, 0.3) is 0 Å². The van der Waals surface area contributed by atoms with Crippen LogP contribution in [0.2, 0.25) is 0 Å². The lowest BCUT2D eigenvalue weighted by molar-refractivity contribution is -0.120. The molecule has 0 aliphatic carbocycles. The minimum atomic E-state index is -0.838. The van der Waals surface area contributed by atoms with Crippen molar-refractivity contribution in [2.45, 2.75) is 37.7 Å². The van der Waals surface area contributed by atoms with E-state index < -0.39 is 17.2 Å². The normalized spacial score (nSPS) is 12.2. The third kappa shape index (κ3) is 4.17. The maximum atomic E-state index is 12.2. The average molecular weight is 346 g/mol. The van der Waals surface area contributed by atoms with Crippen molar-refractivity contribution >= 4 is 23.7 Å². The lowest BCUT2D eigenvalue weighted by atomic mass is 10.1. The number of nitrogens with zero attached hydrogens (tertiary/aromatic N) is 2. The highest BCUT2D eigenvalue weighted by Gasteiger charge is 2.27. The smallest absolute Gasteiger partial charge is 0.318 e. The van der Waals surface area contributed by atoms with E-state index >= 15 is 0 Å². The van der Waals surface area contributed by atoms with Crippen molar-refractivity contribution in [3.63, 3.8) is 0 Å². The van der Waals surface area contributed by atoms with Crippen molar-refractivity contribution in [2.24, 2.45) is 11.7 Å². The largest absolute Gasteiger partial charge is 0.351 e. The van der Waals surface area contributed by atoms with E-state index in [1.54, 1.807) is 0 Å². The molecule has 7 heteroatoms. The van der Waals surface area contributed by atoms with Gasteiger partial charge in [-0.25, -0.2) is 9.78 Å². The van der Waals surface area contributed by atoms with Gasteiger partial charge in [0.2, 0.25) is 5.91 Å². The number of hydrogen-bond donors (Lipinski definition) is 2. The van der Waals surface area contributed by atoms with Crippen molar-refractivity contribution in [1.29, 1.82) is 0 Å². The van der Waals surface area contributed by atoms with Gasteiger partial charge in [-0.3, -0.25) is 10.1 Å². The summed E-state index contributed by atoms with van der Waals surface area (Å²) in [5.41, 5.74) is 7.13. The van der Waals surface area contributed by atoms with E-state index in [4.69, 9.17) is 5.73 Å². The average Bonchev–Trinajstić information content (AvgIpc) is 2.95. The molecule has 1 unspecified atom stereocenters. The van der Waals surface area contributed by atoms with Gasteiger partial charge in [-0.05, 0) is 18.4 Å². The molecule has 0 aliphatic rings. The van der Waals surface area contributed by atoms with Gasteiger partial charge in [0, 0.05) is 6.54 Å². The molecule has 1 atom stereocenters. The van der Waals surface area contributed by atoms with Crippen molar-refractivity contribution in [3.05, 3.63) is 36.5 Å². The topological polar surface area (TPSA) is 90.0 Å². The molecule has 6 nitrogen and oxygen atoms in total. The van der Waals surface area contributed by atoms with Crippen LogP contribution in [0.25, 0.3) is 11.3 Å². The second kappa shape index (κ2) is 8.01. The highest BCUT2D eigenvalue weighted by molar-refractivity contribution is 8.00. The van der Waals surface area contributed by atoms with E-state index in [0.717, 1.165) is 23.0 Å². The molecule has 0 radical (unpaired) electrons. The number of carbonyl (C=O) groups is 2. The van der Waals surface area contributed by atoms with Crippen LogP contribution in [0.4, 0.5) is 4.79 Å². The van der Waals surface area contributed by atoms with E-state index in [0.29, 0.717) is 0 Å². The highest BCUT2D eigenvalue weighted by atomic mass is 32.2. The molecule has 24 heavy (non-hydrogen) atoms. The number of amides is 3. The van der Waals surface area contributed by atoms with Crippen LogP contribution in [0.15, 0.2) is 41.7 Å². The number of imidazole rings is 1. The molecule has 1 heterocycles. The molecule has 3 N–H and O–H groups in total. The molecular formula is C17H22N4O2S. The first kappa shape index (κ1) is 18.1. The predicted molar refractivity (Wildman–Crippen MR) is 95.5 cm³/mol. The minimum Gasteiger partial charge on any atom is -0.351 e. The van der Waals surface area contributed by atoms with Crippen LogP contribution in [0.1, 0.15) is 20.8 Å². The maximum Gasteiger partial charge on any atom is 0.318 e. The Morgan fingerprint density at radius 3 is 2.50 bits per heavy atom. The Morgan fingerprint density at radius 2 is 1.96 bits per heavy atom. The number of imide groups is 1. The van der Waals surface area contributed by atoms with E-state index in [-0.39, 0.29) is 5.92 Å². The number of rotatable bonds is 6. The number of aromatic nitrogens is 2. The molecule has 1 aromatic carbocycles. The monoisotopic (exact) mass is 346 g/mol. The summed E-state index contributed by atoms with van der Waals surface area (Å²) in [6, 6.07) is 9.14. The zero-order valence-corrected chi connectivity index (χ0v) is 14.8. The number of carbonyl (C=O) groups excluding carboxylic acids is 2. The van der Waals surface area contributed by atoms with E-state index in [1.165, 1.54) is 11.8 Å². The Labute approximate surface area is 145 Å². The first-order chi connectivity index (χ1) is 11.4. The fraction of sp³-hybridized carbons (Fsp3) is 0.353. The van der Waals surface area contributed by atoms with Crippen LogP contribution in [-0.2, 0) is 11.3 Å². The van der Waals surface area contributed by atoms with Crippen molar-refractivity contribution in [1.82, 2.24) is 14.9 Å². The van der Waals surface area contributed by atoms with Gasteiger partial charge in [-0.2, -0.15) is 0 Å². The first-order valence-corrected chi connectivity index (χ1v) is 8.69. The van der Waals surface area contributed by atoms with Crippen molar-refractivity contribution in [2.75, 3.05) is 0 Å². The van der Waals surface area contributed by atoms with Gasteiger partial charge >= 0.3 is 6.03 Å². The molecule has 2 rings (SSSR count). The summed E-state index contributed by atoms with van der Waals surface area (Å²) >= 11 is 1.35. The summed E-state index contributed by atoms with van der Waals surface area (Å²) in [6.07, 6.45) is 1.81. The molecule has 0 saturated heterocycles. The third-order valence-corrected chi connectivity index (χ3v) is 5.10. The Bertz CT molecular complexity index is 713. The fourth-order valence-corrected chi connectivity index (χ4v) is 3.53. The van der Waals surface area contributed by atoms with E-state index in [1.807, 2.05) is 57.3 Å². The van der Waals surface area contributed by atoms with Crippen LogP contribution in [0.5, 0.6) is 0 Å². The molecule has 0 saturated carbocycles. The van der Waals surface area contributed by atoms with Gasteiger partial charge in [0.05, 0.1) is 17.1 Å². The molecule has 2 aromatic rings. The summed E-state index contributed by atoms with van der Waals surface area (Å²) in [5.74, 6) is -0.369. The van der Waals surface area contributed by atoms with E-state index in [9.17, 15) is 9.59 Å². The first-order valence-electron chi connectivity index (χ1n) is 7.82. The Balaban J connectivity index is 2.30. The molecule has 128 valence electrons. The third-order valence-electron chi connectivity index (χ3n) is 3.55. The van der Waals surface area contributed by atoms with Crippen LogP contribution in [0, 0.1) is 5.92 Å². The molecule has 0 bridgehead atoms. The van der Waals surface area contributed by atoms with Crippen molar-refractivity contribution in [3.8, 4) is 11.3 Å². The van der Waals surface area contributed by atoms with Crippen LogP contribution < -0.4 is 11.1 Å². The Hall–Kier alpha value is -2.28. The van der Waals surface area contributed by atoms with Crippen molar-refractivity contribution < 1.29 is 9.59 Å². The van der Waals surface area contributed by atoms with Crippen LogP contribution in [-0.4, -0.2) is 26.7 Å². The summed E-state index contributed by atoms with van der Waals surface area (Å²) in [4.78, 5) is 27.6. The second-order valence-electron chi connectivity index (χ2n) is 5.67. The van der Waals surface area contributed by atoms with Crippen LogP contribution >= 0.6 is 11.8 Å². The standard InChI is InChI=1S/C17H22N4O2S/c1-4-21-13(12-8-6-5-7-9-12)10-19-17(21)24-14(11(2)3)15(22)20-16(18)23/h5-11,14H,4H2,1-3H3,(H3,18,20,22,23).